The molecular weight excluding hydrogens is 480 g/mol. The third-order valence-corrected chi connectivity index (χ3v) is 5.17. The first-order valence-corrected chi connectivity index (χ1v) is 12.8. The largest absolute Gasteiger partial charge is 0.496 e. The van der Waals surface area contributed by atoms with Gasteiger partial charge in [0.25, 0.3) is 0 Å². The van der Waals surface area contributed by atoms with Gasteiger partial charge in [-0.25, -0.2) is 0 Å². The minimum atomic E-state index is -0.0841. The third kappa shape index (κ3) is 16.5. The molecule has 1 aromatic carbocycles. The van der Waals surface area contributed by atoms with Crippen molar-refractivity contribution in [2.45, 2.75) is 39.7 Å². The lowest BCUT2D eigenvalue weighted by atomic mass is 10.1. The fourth-order valence-electron chi connectivity index (χ4n) is 3.28. The Morgan fingerprint density at radius 1 is 0.892 bits per heavy atom. The van der Waals surface area contributed by atoms with E-state index in [4.69, 9.17) is 18.9 Å². The topological polar surface area (TPSA) is 127 Å². The van der Waals surface area contributed by atoms with Crippen molar-refractivity contribution < 1.29 is 33.3 Å². The van der Waals surface area contributed by atoms with Crippen molar-refractivity contribution in [1.29, 1.82) is 0 Å². The normalized spacial score (nSPS) is 10.7. The smallest absolute Gasteiger partial charge is 0.222 e. The molecule has 210 valence electrons. The molecule has 0 heterocycles. The Balaban J connectivity index is 2.20. The van der Waals surface area contributed by atoms with E-state index in [1.165, 1.54) is 6.92 Å². The maximum atomic E-state index is 12.0. The van der Waals surface area contributed by atoms with Crippen LogP contribution in [0, 0.1) is 0 Å². The molecule has 0 unspecified atom stereocenters. The van der Waals surface area contributed by atoms with Crippen LogP contribution in [0.15, 0.2) is 18.2 Å². The van der Waals surface area contributed by atoms with Crippen molar-refractivity contribution in [3.63, 3.8) is 0 Å². The number of carbonyl (C=O) groups is 3. The predicted octanol–water partition coefficient (Wildman–Crippen LogP) is 1.10. The number of rotatable bonds is 21. The van der Waals surface area contributed by atoms with E-state index < -0.39 is 0 Å². The van der Waals surface area contributed by atoms with Gasteiger partial charge in [-0.3, -0.25) is 14.4 Å². The van der Waals surface area contributed by atoms with Crippen LogP contribution < -0.4 is 25.4 Å². The Labute approximate surface area is 220 Å². The van der Waals surface area contributed by atoms with E-state index in [-0.39, 0.29) is 24.1 Å². The highest BCUT2D eigenvalue weighted by atomic mass is 16.5. The van der Waals surface area contributed by atoms with Gasteiger partial charge in [-0.2, -0.15) is 0 Å². The predicted molar refractivity (Wildman–Crippen MR) is 141 cm³/mol. The number of hydrogen-bond donors (Lipinski definition) is 3. The first-order chi connectivity index (χ1) is 17.8. The maximum absolute atomic E-state index is 12.0. The second-order valence-electron chi connectivity index (χ2n) is 8.42. The number of methoxy groups -OCH3 is 1. The molecule has 0 saturated carbocycles. The summed E-state index contributed by atoms with van der Waals surface area (Å²) in [7, 11) is 3.60. The highest BCUT2D eigenvalue weighted by molar-refractivity contribution is 5.76. The molecule has 0 atom stereocenters. The van der Waals surface area contributed by atoms with Gasteiger partial charge in [-0.05, 0) is 26.5 Å². The summed E-state index contributed by atoms with van der Waals surface area (Å²) in [6.45, 7) is 8.35. The van der Waals surface area contributed by atoms with Gasteiger partial charge in [-0.1, -0.05) is 6.07 Å². The van der Waals surface area contributed by atoms with Gasteiger partial charge < -0.3 is 39.8 Å². The average Bonchev–Trinajstić information content (AvgIpc) is 2.86. The maximum Gasteiger partial charge on any atom is 0.222 e. The molecule has 1 rings (SSSR count). The lowest BCUT2D eigenvalue weighted by Crippen LogP contribution is -2.33. The van der Waals surface area contributed by atoms with E-state index in [0.29, 0.717) is 84.3 Å². The molecule has 0 bridgehead atoms. The molecule has 0 aromatic heterocycles. The lowest BCUT2D eigenvalue weighted by molar-refractivity contribution is -0.122. The van der Waals surface area contributed by atoms with Gasteiger partial charge >= 0.3 is 0 Å². The molecular formula is C26H44N4O7. The standard InChI is InChI=1S/C26H44N4O7/c1-5-27-25(32)7-6-14-37-23-9-8-22(24(19-23)34-4)20-30(3)13-11-29-26(33)10-15-35-17-18-36-16-12-28-21(2)31/h8-9,19H,5-7,10-18,20H2,1-4H3,(H,27,32)(H,28,31)(H,29,33). The lowest BCUT2D eigenvalue weighted by Gasteiger charge is -2.19. The number of carbonyl (C=O) groups excluding carboxylic acids is 3. The van der Waals surface area contributed by atoms with Gasteiger partial charge in [0.1, 0.15) is 11.5 Å². The summed E-state index contributed by atoms with van der Waals surface area (Å²) in [6.07, 6.45) is 1.37. The number of likely N-dealkylation sites (N-methyl/N-ethyl adjacent to an activating group) is 1. The molecule has 37 heavy (non-hydrogen) atoms. The molecule has 0 aliphatic rings. The number of benzene rings is 1. The molecule has 0 saturated heterocycles. The van der Waals surface area contributed by atoms with Crippen LogP contribution >= 0.6 is 0 Å². The van der Waals surface area contributed by atoms with E-state index in [2.05, 4.69) is 20.9 Å². The van der Waals surface area contributed by atoms with E-state index in [0.717, 1.165) is 11.3 Å². The molecule has 3 N–H and O–H groups in total. The Kier molecular flexibility index (Phi) is 17.5. The van der Waals surface area contributed by atoms with Crippen LogP contribution in [0.5, 0.6) is 11.5 Å². The van der Waals surface area contributed by atoms with E-state index in [9.17, 15) is 14.4 Å². The highest BCUT2D eigenvalue weighted by Gasteiger charge is 2.10. The van der Waals surface area contributed by atoms with E-state index in [1.807, 2.05) is 32.2 Å². The minimum Gasteiger partial charge on any atom is -0.496 e. The van der Waals surface area contributed by atoms with Crippen molar-refractivity contribution in [3.05, 3.63) is 23.8 Å². The van der Waals surface area contributed by atoms with Crippen LogP contribution in [0.1, 0.15) is 38.7 Å². The molecule has 0 aliphatic heterocycles. The molecule has 0 radical (unpaired) electrons. The molecule has 11 heteroatoms. The Hall–Kier alpha value is -2.89. The van der Waals surface area contributed by atoms with Gasteiger partial charge in [0.05, 0.1) is 40.1 Å². The Bertz CT molecular complexity index is 807. The molecule has 3 amide bonds. The molecule has 0 fully saturated rings. The van der Waals surface area contributed by atoms with Crippen LogP contribution in [0.3, 0.4) is 0 Å². The zero-order chi connectivity index (χ0) is 27.3. The summed E-state index contributed by atoms with van der Waals surface area (Å²) in [5, 5.41) is 8.31. The first kappa shape index (κ1) is 32.1. The average molecular weight is 525 g/mol. The Morgan fingerprint density at radius 3 is 2.32 bits per heavy atom. The summed E-state index contributed by atoms with van der Waals surface area (Å²) >= 11 is 0. The number of nitrogens with zero attached hydrogens (tertiary/aromatic N) is 1. The number of ether oxygens (including phenoxy) is 4. The quantitative estimate of drug-likeness (QED) is 0.204. The van der Waals surface area contributed by atoms with Gasteiger partial charge in [-0.15, -0.1) is 0 Å². The fraction of sp³-hybridized carbons (Fsp3) is 0.654. The summed E-state index contributed by atoms with van der Waals surface area (Å²) < 4.78 is 22.0. The van der Waals surface area contributed by atoms with Crippen molar-refractivity contribution in [3.8, 4) is 11.5 Å². The van der Waals surface area contributed by atoms with Crippen LogP contribution in [0.4, 0.5) is 0 Å². The second kappa shape index (κ2) is 20.2. The third-order valence-electron chi connectivity index (χ3n) is 5.17. The van der Waals surface area contributed by atoms with E-state index >= 15 is 0 Å². The number of nitrogens with one attached hydrogen (secondary N) is 3. The van der Waals surface area contributed by atoms with Crippen molar-refractivity contribution in [1.82, 2.24) is 20.9 Å². The van der Waals surface area contributed by atoms with Crippen LogP contribution in [0.2, 0.25) is 0 Å². The highest BCUT2D eigenvalue weighted by Crippen LogP contribution is 2.25. The van der Waals surface area contributed by atoms with Crippen molar-refractivity contribution in [2.75, 3.05) is 73.4 Å². The molecule has 0 spiro atoms. The zero-order valence-electron chi connectivity index (χ0n) is 22.7. The van der Waals surface area contributed by atoms with Crippen molar-refractivity contribution >= 4 is 17.7 Å². The summed E-state index contributed by atoms with van der Waals surface area (Å²) in [6, 6.07) is 5.72. The minimum absolute atomic E-state index is 0.0319. The van der Waals surface area contributed by atoms with Crippen LogP contribution in [-0.2, 0) is 30.4 Å². The summed E-state index contributed by atoms with van der Waals surface area (Å²) in [5.74, 6) is 1.31. The molecule has 0 aliphatic carbocycles. The molecule has 11 nitrogen and oxygen atoms in total. The van der Waals surface area contributed by atoms with Gasteiger partial charge in [0.15, 0.2) is 0 Å². The van der Waals surface area contributed by atoms with Gasteiger partial charge in [0.2, 0.25) is 17.7 Å². The van der Waals surface area contributed by atoms with Crippen LogP contribution in [-0.4, -0.2) is 96.0 Å². The Morgan fingerprint density at radius 2 is 1.62 bits per heavy atom. The zero-order valence-corrected chi connectivity index (χ0v) is 22.7. The van der Waals surface area contributed by atoms with Gasteiger partial charge in [0, 0.05) is 64.1 Å². The SMILES string of the molecule is CCNC(=O)CCCOc1ccc(CN(C)CCNC(=O)CCOCCOCCNC(C)=O)c(OC)c1. The number of hydrogen-bond acceptors (Lipinski definition) is 8. The number of amides is 3. The monoisotopic (exact) mass is 524 g/mol. The molecule has 1 aromatic rings. The van der Waals surface area contributed by atoms with E-state index in [1.54, 1.807) is 7.11 Å². The second-order valence-corrected chi connectivity index (χ2v) is 8.42. The summed E-state index contributed by atoms with van der Waals surface area (Å²) in [4.78, 5) is 36.3. The van der Waals surface area contributed by atoms with Crippen LogP contribution in [0.25, 0.3) is 0 Å². The van der Waals surface area contributed by atoms with Crippen molar-refractivity contribution in [2.24, 2.45) is 0 Å². The fourth-order valence-corrected chi connectivity index (χ4v) is 3.28. The summed E-state index contributed by atoms with van der Waals surface area (Å²) in [5.41, 5.74) is 1.01. The first-order valence-electron chi connectivity index (χ1n) is 12.8.